The summed E-state index contributed by atoms with van der Waals surface area (Å²) in [6, 6.07) is 7.57. The van der Waals surface area contributed by atoms with Crippen molar-refractivity contribution in [3.05, 3.63) is 41.0 Å². The van der Waals surface area contributed by atoms with Crippen LogP contribution in [0, 0.1) is 20.8 Å². The molecular weight excluding hydrogens is 332 g/mol. The van der Waals surface area contributed by atoms with Crippen molar-refractivity contribution in [3.8, 4) is 17.2 Å². The summed E-state index contributed by atoms with van der Waals surface area (Å²) in [4.78, 5) is 12.3. The summed E-state index contributed by atoms with van der Waals surface area (Å²) in [7, 11) is 4.61. The number of benzene rings is 2. The van der Waals surface area contributed by atoms with Crippen LogP contribution in [0.2, 0.25) is 0 Å². The van der Waals surface area contributed by atoms with Gasteiger partial charge in [-0.1, -0.05) is 17.7 Å². The van der Waals surface area contributed by atoms with Crippen LogP contribution in [0.4, 0.5) is 11.4 Å². The summed E-state index contributed by atoms with van der Waals surface area (Å²) >= 11 is 0. The van der Waals surface area contributed by atoms with Gasteiger partial charge in [0, 0.05) is 23.5 Å². The molecule has 0 spiro atoms. The molecule has 26 heavy (non-hydrogen) atoms. The highest BCUT2D eigenvalue weighted by molar-refractivity contribution is 5.94. The quantitative estimate of drug-likeness (QED) is 0.790. The molecule has 0 unspecified atom stereocenters. The normalized spacial score (nSPS) is 10.2. The molecule has 2 aromatic rings. The Morgan fingerprint density at radius 2 is 1.42 bits per heavy atom. The van der Waals surface area contributed by atoms with Gasteiger partial charge in [-0.05, 0) is 31.9 Å². The van der Waals surface area contributed by atoms with Crippen molar-refractivity contribution in [2.75, 3.05) is 38.5 Å². The molecule has 1 amide bonds. The molecular formula is C20H26N2O4. The molecule has 6 nitrogen and oxygen atoms in total. The molecule has 2 aromatic carbocycles. The van der Waals surface area contributed by atoms with Gasteiger partial charge >= 0.3 is 0 Å². The average Bonchev–Trinajstić information content (AvgIpc) is 2.59. The molecule has 0 atom stereocenters. The van der Waals surface area contributed by atoms with E-state index in [1.807, 2.05) is 13.8 Å². The number of rotatable bonds is 7. The Kier molecular flexibility index (Phi) is 6.33. The molecule has 6 heteroatoms. The Balaban J connectivity index is 2.11. The molecule has 2 rings (SSSR count). The maximum absolute atomic E-state index is 12.3. The number of carbonyl (C=O) groups is 1. The molecule has 140 valence electrons. The van der Waals surface area contributed by atoms with Crippen LogP contribution in [0.3, 0.4) is 0 Å². The molecule has 0 heterocycles. The Morgan fingerprint density at radius 3 is 1.88 bits per heavy atom. The second-order valence-corrected chi connectivity index (χ2v) is 6.09. The third kappa shape index (κ3) is 4.39. The van der Waals surface area contributed by atoms with Crippen LogP contribution in [0.25, 0.3) is 0 Å². The van der Waals surface area contributed by atoms with Gasteiger partial charge in [-0.15, -0.1) is 0 Å². The molecule has 0 bridgehead atoms. The van der Waals surface area contributed by atoms with Gasteiger partial charge in [-0.2, -0.15) is 0 Å². The van der Waals surface area contributed by atoms with E-state index in [1.165, 1.54) is 26.9 Å². The van der Waals surface area contributed by atoms with E-state index in [-0.39, 0.29) is 12.5 Å². The zero-order valence-corrected chi connectivity index (χ0v) is 16.1. The van der Waals surface area contributed by atoms with Crippen LogP contribution in [0.5, 0.6) is 17.2 Å². The number of amides is 1. The summed E-state index contributed by atoms with van der Waals surface area (Å²) < 4.78 is 15.9. The zero-order chi connectivity index (χ0) is 19.3. The Labute approximate surface area is 154 Å². The molecule has 2 N–H and O–H groups in total. The molecule has 0 radical (unpaired) electrons. The first-order valence-electron chi connectivity index (χ1n) is 8.31. The number of nitrogens with one attached hydrogen (secondary N) is 2. The number of methoxy groups -OCH3 is 3. The lowest BCUT2D eigenvalue weighted by molar-refractivity contribution is -0.114. The third-order valence-corrected chi connectivity index (χ3v) is 4.05. The number of carbonyl (C=O) groups excluding carboxylic acids is 1. The first-order valence-corrected chi connectivity index (χ1v) is 8.31. The number of anilines is 2. The lowest BCUT2D eigenvalue weighted by atomic mass is 10.1. The van der Waals surface area contributed by atoms with Crippen molar-refractivity contribution in [2.24, 2.45) is 0 Å². The Morgan fingerprint density at radius 1 is 0.885 bits per heavy atom. The van der Waals surface area contributed by atoms with Gasteiger partial charge in [0.2, 0.25) is 11.7 Å². The predicted molar refractivity (Wildman–Crippen MR) is 104 cm³/mol. The molecule has 0 saturated heterocycles. The van der Waals surface area contributed by atoms with E-state index in [9.17, 15) is 4.79 Å². The highest BCUT2D eigenvalue weighted by Gasteiger charge is 2.14. The van der Waals surface area contributed by atoms with E-state index in [2.05, 4.69) is 29.7 Å². The van der Waals surface area contributed by atoms with Crippen molar-refractivity contribution < 1.29 is 19.0 Å². The summed E-state index contributed by atoms with van der Waals surface area (Å²) in [6.07, 6.45) is 0. The molecule has 0 aliphatic heterocycles. The van der Waals surface area contributed by atoms with Crippen LogP contribution in [0.15, 0.2) is 24.3 Å². The third-order valence-electron chi connectivity index (χ3n) is 4.05. The number of aryl methyl sites for hydroxylation is 3. The van der Waals surface area contributed by atoms with Crippen molar-refractivity contribution in [3.63, 3.8) is 0 Å². The maximum Gasteiger partial charge on any atom is 0.243 e. The first kappa shape index (κ1) is 19.4. The van der Waals surface area contributed by atoms with E-state index < -0.39 is 0 Å². The summed E-state index contributed by atoms with van der Waals surface area (Å²) in [6.45, 7) is 6.27. The fourth-order valence-electron chi connectivity index (χ4n) is 2.99. The van der Waals surface area contributed by atoms with E-state index in [0.29, 0.717) is 22.9 Å². The summed E-state index contributed by atoms with van der Waals surface area (Å²) in [5, 5.41) is 6.06. The number of hydrogen-bond acceptors (Lipinski definition) is 5. The standard InChI is InChI=1S/C20H26N2O4/c1-12-7-13(2)19(14(3)8-12)21-11-18(23)22-15-9-16(24-4)20(26-6)17(10-15)25-5/h7-10,21H,11H2,1-6H3,(H,22,23). The SMILES string of the molecule is COc1cc(NC(=O)CNc2c(C)cc(C)cc2C)cc(OC)c1OC. The molecule has 0 aliphatic rings. The van der Waals surface area contributed by atoms with Crippen molar-refractivity contribution >= 4 is 17.3 Å². The fourth-order valence-corrected chi connectivity index (χ4v) is 2.99. The van der Waals surface area contributed by atoms with Gasteiger partial charge in [0.25, 0.3) is 0 Å². The van der Waals surface area contributed by atoms with Gasteiger partial charge in [0.1, 0.15) is 0 Å². The topological polar surface area (TPSA) is 68.8 Å². The van der Waals surface area contributed by atoms with Crippen LogP contribution in [-0.2, 0) is 4.79 Å². The minimum atomic E-state index is -0.168. The van der Waals surface area contributed by atoms with Gasteiger partial charge in [-0.25, -0.2) is 0 Å². The van der Waals surface area contributed by atoms with Crippen LogP contribution in [0.1, 0.15) is 16.7 Å². The minimum Gasteiger partial charge on any atom is -0.493 e. The van der Waals surface area contributed by atoms with Gasteiger partial charge in [0.05, 0.1) is 27.9 Å². The Bertz CT molecular complexity index is 754. The van der Waals surface area contributed by atoms with Crippen LogP contribution < -0.4 is 24.8 Å². The lowest BCUT2D eigenvalue weighted by Crippen LogP contribution is -2.22. The van der Waals surface area contributed by atoms with Crippen LogP contribution >= 0.6 is 0 Å². The van der Waals surface area contributed by atoms with E-state index in [1.54, 1.807) is 12.1 Å². The van der Waals surface area contributed by atoms with Crippen molar-refractivity contribution in [1.29, 1.82) is 0 Å². The average molecular weight is 358 g/mol. The predicted octanol–water partition coefficient (Wildman–Crippen LogP) is 3.69. The molecule has 0 fully saturated rings. The lowest BCUT2D eigenvalue weighted by Gasteiger charge is -2.16. The monoisotopic (exact) mass is 358 g/mol. The molecule has 0 saturated carbocycles. The Hall–Kier alpha value is -2.89. The second-order valence-electron chi connectivity index (χ2n) is 6.09. The smallest absolute Gasteiger partial charge is 0.243 e. The van der Waals surface area contributed by atoms with Gasteiger partial charge < -0.3 is 24.8 Å². The molecule has 0 aromatic heterocycles. The minimum absolute atomic E-state index is 0.154. The molecule has 0 aliphatic carbocycles. The largest absolute Gasteiger partial charge is 0.493 e. The second kappa shape index (κ2) is 8.47. The van der Waals surface area contributed by atoms with Crippen LogP contribution in [-0.4, -0.2) is 33.8 Å². The van der Waals surface area contributed by atoms with Crippen molar-refractivity contribution in [2.45, 2.75) is 20.8 Å². The highest BCUT2D eigenvalue weighted by atomic mass is 16.5. The fraction of sp³-hybridized carbons (Fsp3) is 0.350. The van der Waals surface area contributed by atoms with E-state index in [0.717, 1.165) is 16.8 Å². The summed E-state index contributed by atoms with van der Waals surface area (Å²) in [5.74, 6) is 1.29. The van der Waals surface area contributed by atoms with E-state index >= 15 is 0 Å². The maximum atomic E-state index is 12.3. The number of hydrogen-bond donors (Lipinski definition) is 2. The van der Waals surface area contributed by atoms with Crippen molar-refractivity contribution in [1.82, 2.24) is 0 Å². The number of ether oxygens (including phenoxy) is 3. The van der Waals surface area contributed by atoms with Gasteiger partial charge in [-0.3, -0.25) is 4.79 Å². The summed E-state index contributed by atoms with van der Waals surface area (Å²) in [5.41, 5.74) is 4.98. The van der Waals surface area contributed by atoms with E-state index in [4.69, 9.17) is 14.2 Å². The zero-order valence-electron chi connectivity index (χ0n) is 16.1. The first-order chi connectivity index (χ1) is 12.4. The van der Waals surface area contributed by atoms with Gasteiger partial charge in [0.15, 0.2) is 11.5 Å². The highest BCUT2D eigenvalue weighted by Crippen LogP contribution is 2.39.